The van der Waals surface area contributed by atoms with Crippen molar-refractivity contribution in [1.82, 2.24) is 9.80 Å². The number of piperazine rings is 1. The lowest BCUT2D eigenvalue weighted by Gasteiger charge is -2.41. The number of benzene rings is 1. The molecule has 0 aliphatic carbocycles. The zero-order chi connectivity index (χ0) is 18.4. The van der Waals surface area contributed by atoms with Crippen molar-refractivity contribution in [2.75, 3.05) is 20.1 Å². The number of dihydropyridines is 1. The van der Waals surface area contributed by atoms with E-state index < -0.39 is 12.0 Å². The highest BCUT2D eigenvalue weighted by Crippen LogP contribution is 2.34. The molecule has 6 nitrogen and oxygen atoms in total. The molecule has 7 heteroatoms. The molecule has 1 aromatic carbocycles. The monoisotopic (exact) mass is 355 g/mol. The summed E-state index contributed by atoms with van der Waals surface area (Å²) < 4.78 is 13.0. The number of halogens is 1. The fraction of sp³-hybridized carbons (Fsp3) is 0.316. The molecule has 1 saturated heterocycles. The molecule has 1 N–H and O–H groups in total. The minimum absolute atomic E-state index is 0.0394. The fourth-order valence-corrected chi connectivity index (χ4v) is 3.57. The molecule has 1 fully saturated rings. The number of likely N-dealkylation sites (N-methyl/N-ethyl adjacent to an activating group) is 1. The van der Waals surface area contributed by atoms with Gasteiger partial charge in [0.25, 0.3) is 5.91 Å². The molecule has 134 valence electrons. The van der Waals surface area contributed by atoms with Crippen LogP contribution in [0.1, 0.15) is 5.56 Å². The Morgan fingerprint density at radius 3 is 2.69 bits per heavy atom. The summed E-state index contributed by atoms with van der Waals surface area (Å²) in [6.07, 6.45) is 3.92. The number of allylic oxidation sites excluding steroid dienone is 1. The Labute approximate surface area is 149 Å². The minimum atomic E-state index is -0.763. The molecule has 0 spiro atoms. The van der Waals surface area contributed by atoms with Gasteiger partial charge in [-0.05, 0) is 29.7 Å². The van der Waals surface area contributed by atoms with E-state index >= 15 is 0 Å². The van der Waals surface area contributed by atoms with E-state index in [-0.39, 0.29) is 29.1 Å². The van der Waals surface area contributed by atoms with E-state index in [1.165, 1.54) is 21.9 Å². The van der Waals surface area contributed by atoms with Gasteiger partial charge in [0.05, 0.1) is 5.92 Å². The van der Waals surface area contributed by atoms with E-state index in [0.29, 0.717) is 19.5 Å². The summed E-state index contributed by atoms with van der Waals surface area (Å²) in [5.74, 6) is -1.67. The Bertz CT molecular complexity index is 873. The van der Waals surface area contributed by atoms with Gasteiger partial charge >= 0.3 is 0 Å². The summed E-state index contributed by atoms with van der Waals surface area (Å²) in [5.41, 5.74) is 1.77. The van der Waals surface area contributed by atoms with Crippen LogP contribution in [-0.4, -0.2) is 59.1 Å². The highest BCUT2D eigenvalue weighted by atomic mass is 19.1. The molecule has 0 radical (unpaired) electrons. The van der Waals surface area contributed by atoms with Crippen LogP contribution < -0.4 is 0 Å². The van der Waals surface area contributed by atoms with Crippen molar-refractivity contribution in [3.63, 3.8) is 0 Å². The molecule has 0 saturated carbocycles. The van der Waals surface area contributed by atoms with Gasteiger partial charge in [-0.3, -0.25) is 14.6 Å². The van der Waals surface area contributed by atoms with Crippen LogP contribution in [-0.2, 0) is 16.0 Å². The van der Waals surface area contributed by atoms with Crippen LogP contribution >= 0.6 is 0 Å². The maximum atomic E-state index is 13.0. The van der Waals surface area contributed by atoms with Gasteiger partial charge in [-0.2, -0.15) is 0 Å². The van der Waals surface area contributed by atoms with Gasteiger partial charge in [-0.15, -0.1) is 0 Å². The quantitative estimate of drug-likeness (QED) is 0.873. The Balaban J connectivity index is 1.64. The van der Waals surface area contributed by atoms with Gasteiger partial charge in [-0.1, -0.05) is 18.2 Å². The van der Waals surface area contributed by atoms with Crippen molar-refractivity contribution in [3.8, 4) is 0 Å². The van der Waals surface area contributed by atoms with Crippen LogP contribution in [0.25, 0.3) is 0 Å². The summed E-state index contributed by atoms with van der Waals surface area (Å²) in [6.45, 7) is 0.780. The molecule has 3 heterocycles. The lowest BCUT2D eigenvalue weighted by Crippen LogP contribution is -2.56. The predicted molar refractivity (Wildman–Crippen MR) is 93.0 cm³/mol. The number of aliphatic hydroxyl groups excluding tert-OH is 1. The Morgan fingerprint density at radius 2 is 1.96 bits per heavy atom. The average Bonchev–Trinajstić information content (AvgIpc) is 2.64. The van der Waals surface area contributed by atoms with Gasteiger partial charge in [-0.25, -0.2) is 4.39 Å². The molecule has 26 heavy (non-hydrogen) atoms. The van der Waals surface area contributed by atoms with Gasteiger partial charge in [0, 0.05) is 26.4 Å². The number of fused-ring (bicyclic) bond motifs is 2. The Kier molecular flexibility index (Phi) is 3.86. The van der Waals surface area contributed by atoms with E-state index in [0.717, 1.165) is 11.1 Å². The lowest BCUT2D eigenvalue weighted by atomic mass is 9.86. The third-order valence-electron chi connectivity index (χ3n) is 5.01. The van der Waals surface area contributed by atoms with Gasteiger partial charge in [0.1, 0.15) is 23.3 Å². The van der Waals surface area contributed by atoms with Crippen molar-refractivity contribution in [2.45, 2.75) is 12.5 Å². The SMILES string of the molecule is CN1CCN2C(=O)C3C=C(Cc4ccc(F)cc4)C=NC3C(O)=C2C1=O. The van der Waals surface area contributed by atoms with Gasteiger partial charge in [0.2, 0.25) is 5.91 Å². The number of aliphatic hydroxyl groups is 1. The second-order valence-corrected chi connectivity index (χ2v) is 6.74. The molecular weight excluding hydrogens is 337 g/mol. The summed E-state index contributed by atoms with van der Waals surface area (Å²) in [7, 11) is 1.64. The maximum absolute atomic E-state index is 13.0. The molecule has 0 aromatic heterocycles. The topological polar surface area (TPSA) is 73.2 Å². The van der Waals surface area contributed by atoms with Crippen molar-refractivity contribution in [1.29, 1.82) is 0 Å². The van der Waals surface area contributed by atoms with Crippen LogP contribution in [0, 0.1) is 11.7 Å². The third kappa shape index (κ3) is 2.60. The van der Waals surface area contributed by atoms with Crippen LogP contribution in [0.5, 0.6) is 0 Å². The van der Waals surface area contributed by atoms with Gasteiger partial charge in [0.15, 0.2) is 0 Å². The zero-order valence-corrected chi connectivity index (χ0v) is 14.2. The summed E-state index contributed by atoms with van der Waals surface area (Å²) in [4.78, 5) is 32.4. The first kappa shape index (κ1) is 16.5. The summed E-state index contributed by atoms with van der Waals surface area (Å²) in [5, 5.41) is 10.6. The molecule has 0 bridgehead atoms. The molecular formula is C19H18FN3O3. The number of carbonyl (C=O) groups excluding carboxylic acids is 2. The number of carbonyl (C=O) groups is 2. The second-order valence-electron chi connectivity index (χ2n) is 6.74. The van der Waals surface area contributed by atoms with Crippen LogP contribution in [0.2, 0.25) is 0 Å². The molecule has 1 aromatic rings. The van der Waals surface area contributed by atoms with Crippen molar-refractivity contribution in [2.24, 2.45) is 10.9 Å². The zero-order valence-electron chi connectivity index (χ0n) is 14.2. The number of nitrogens with zero attached hydrogens (tertiary/aromatic N) is 3. The maximum Gasteiger partial charge on any atom is 0.273 e. The van der Waals surface area contributed by atoms with E-state index in [1.54, 1.807) is 31.5 Å². The standard InChI is InChI=1S/C19H18FN3O3/c1-22-6-7-23-16(19(22)26)17(24)15-14(18(23)25)9-12(10-21-15)8-11-2-4-13(20)5-3-11/h2-5,9-10,14-15,24H,6-8H2,1H3. The number of rotatable bonds is 2. The van der Waals surface area contributed by atoms with E-state index in [4.69, 9.17) is 0 Å². The highest BCUT2D eigenvalue weighted by Gasteiger charge is 2.46. The van der Waals surface area contributed by atoms with Crippen LogP contribution in [0.15, 0.2) is 52.4 Å². The largest absolute Gasteiger partial charge is 0.508 e. The first-order chi connectivity index (χ1) is 12.5. The smallest absolute Gasteiger partial charge is 0.273 e. The van der Waals surface area contributed by atoms with Crippen molar-refractivity contribution in [3.05, 3.63) is 58.8 Å². The number of hydrogen-bond donors (Lipinski definition) is 1. The molecule has 2 unspecified atom stereocenters. The minimum Gasteiger partial charge on any atom is -0.508 e. The Hall–Kier alpha value is -2.96. The van der Waals surface area contributed by atoms with Gasteiger partial charge < -0.3 is 14.9 Å². The van der Waals surface area contributed by atoms with Crippen molar-refractivity contribution >= 4 is 18.0 Å². The number of amides is 2. The van der Waals surface area contributed by atoms with E-state index in [2.05, 4.69) is 4.99 Å². The second kappa shape index (κ2) is 6.09. The Morgan fingerprint density at radius 1 is 1.23 bits per heavy atom. The summed E-state index contributed by atoms with van der Waals surface area (Å²) in [6, 6.07) is 5.39. The third-order valence-corrected chi connectivity index (χ3v) is 5.01. The predicted octanol–water partition coefficient (Wildman–Crippen LogP) is 1.45. The lowest BCUT2D eigenvalue weighted by molar-refractivity contribution is -0.143. The van der Waals surface area contributed by atoms with E-state index in [9.17, 15) is 19.1 Å². The average molecular weight is 355 g/mol. The van der Waals surface area contributed by atoms with E-state index in [1.807, 2.05) is 0 Å². The number of hydrogen-bond acceptors (Lipinski definition) is 4. The molecule has 3 aliphatic heterocycles. The number of aliphatic imine (C=N–C) groups is 1. The first-order valence-electron chi connectivity index (χ1n) is 8.44. The molecule has 2 atom stereocenters. The first-order valence-corrected chi connectivity index (χ1v) is 8.44. The van der Waals surface area contributed by atoms with Crippen LogP contribution in [0.4, 0.5) is 4.39 Å². The molecule has 4 rings (SSSR count). The molecule has 2 amide bonds. The fourth-order valence-electron chi connectivity index (χ4n) is 3.57. The van der Waals surface area contributed by atoms with Crippen molar-refractivity contribution < 1.29 is 19.1 Å². The molecule has 3 aliphatic rings. The highest BCUT2D eigenvalue weighted by molar-refractivity contribution is 6.02. The summed E-state index contributed by atoms with van der Waals surface area (Å²) >= 11 is 0. The normalized spacial score (nSPS) is 25.2. The van der Waals surface area contributed by atoms with Crippen LogP contribution in [0.3, 0.4) is 0 Å².